The number of rotatable bonds is 3. The SMILES string of the molecule is CC(C)C(=O)N1CCN(C(=O)c2ccc3c(c2)C(=O)N(C2CCCCC2)C3=O)CC1. The number of nitrogens with zero attached hydrogens (tertiary/aromatic N) is 3. The summed E-state index contributed by atoms with van der Waals surface area (Å²) in [5, 5.41) is 0. The Bertz CT molecular complexity index is 880. The van der Waals surface area contributed by atoms with Crippen molar-refractivity contribution >= 4 is 23.6 Å². The molecule has 1 aliphatic carbocycles. The van der Waals surface area contributed by atoms with E-state index in [4.69, 9.17) is 0 Å². The zero-order valence-electron chi connectivity index (χ0n) is 17.7. The number of fused-ring (bicyclic) bond motifs is 1. The predicted molar refractivity (Wildman–Crippen MR) is 111 cm³/mol. The Morgan fingerprint density at radius 1 is 0.867 bits per heavy atom. The van der Waals surface area contributed by atoms with Crippen LogP contribution in [0.25, 0.3) is 0 Å². The number of hydrogen-bond acceptors (Lipinski definition) is 4. The second kappa shape index (κ2) is 8.20. The van der Waals surface area contributed by atoms with Crippen molar-refractivity contribution in [2.45, 2.75) is 52.0 Å². The summed E-state index contributed by atoms with van der Waals surface area (Å²) in [6.45, 7) is 5.71. The summed E-state index contributed by atoms with van der Waals surface area (Å²) in [7, 11) is 0. The molecule has 0 radical (unpaired) electrons. The van der Waals surface area contributed by atoms with Gasteiger partial charge in [0.25, 0.3) is 17.7 Å². The first kappa shape index (κ1) is 20.6. The molecule has 0 N–H and O–H groups in total. The highest BCUT2D eigenvalue weighted by Crippen LogP contribution is 2.31. The van der Waals surface area contributed by atoms with Gasteiger partial charge >= 0.3 is 0 Å². The van der Waals surface area contributed by atoms with Crippen LogP contribution in [0.15, 0.2) is 18.2 Å². The quantitative estimate of drug-likeness (QED) is 0.716. The second-order valence-electron chi connectivity index (χ2n) is 8.80. The lowest BCUT2D eigenvalue weighted by molar-refractivity contribution is -0.135. The first-order valence-corrected chi connectivity index (χ1v) is 11.0. The van der Waals surface area contributed by atoms with Crippen LogP contribution in [0.1, 0.15) is 77.0 Å². The van der Waals surface area contributed by atoms with Gasteiger partial charge in [0.2, 0.25) is 5.91 Å². The molecule has 1 aromatic rings. The fourth-order valence-corrected chi connectivity index (χ4v) is 4.74. The van der Waals surface area contributed by atoms with E-state index in [0.29, 0.717) is 42.9 Å². The summed E-state index contributed by atoms with van der Waals surface area (Å²) in [4.78, 5) is 55.9. The molecule has 1 saturated heterocycles. The fraction of sp³-hybridized carbons (Fsp3) is 0.565. The Hall–Kier alpha value is -2.70. The second-order valence-corrected chi connectivity index (χ2v) is 8.80. The van der Waals surface area contributed by atoms with Crippen LogP contribution >= 0.6 is 0 Å². The van der Waals surface area contributed by atoms with Gasteiger partial charge in [0.05, 0.1) is 11.1 Å². The maximum Gasteiger partial charge on any atom is 0.261 e. The number of piperazine rings is 1. The van der Waals surface area contributed by atoms with Crippen LogP contribution in [-0.4, -0.2) is 70.5 Å². The minimum atomic E-state index is -0.274. The lowest BCUT2D eigenvalue weighted by atomic mass is 9.94. The molecule has 3 aliphatic rings. The molecule has 1 aromatic carbocycles. The third kappa shape index (κ3) is 3.61. The number of benzene rings is 1. The van der Waals surface area contributed by atoms with Crippen LogP contribution in [0.5, 0.6) is 0 Å². The molecule has 2 aliphatic heterocycles. The van der Waals surface area contributed by atoms with Gasteiger partial charge in [-0.3, -0.25) is 24.1 Å². The van der Waals surface area contributed by atoms with E-state index in [-0.39, 0.29) is 35.6 Å². The number of amides is 4. The molecule has 2 heterocycles. The normalized spacial score (nSPS) is 20.2. The lowest BCUT2D eigenvalue weighted by Crippen LogP contribution is -2.51. The molecule has 0 unspecified atom stereocenters. The zero-order valence-corrected chi connectivity index (χ0v) is 17.7. The fourth-order valence-electron chi connectivity index (χ4n) is 4.74. The van der Waals surface area contributed by atoms with E-state index in [9.17, 15) is 19.2 Å². The van der Waals surface area contributed by atoms with Crippen molar-refractivity contribution in [3.8, 4) is 0 Å². The Morgan fingerprint density at radius 2 is 1.47 bits per heavy atom. The van der Waals surface area contributed by atoms with E-state index in [1.54, 1.807) is 28.0 Å². The van der Waals surface area contributed by atoms with Gasteiger partial charge < -0.3 is 9.80 Å². The van der Waals surface area contributed by atoms with E-state index in [2.05, 4.69) is 0 Å². The molecular formula is C23H29N3O4. The van der Waals surface area contributed by atoms with Gasteiger partial charge in [-0.15, -0.1) is 0 Å². The average Bonchev–Trinajstić information content (AvgIpc) is 3.03. The monoisotopic (exact) mass is 411 g/mol. The van der Waals surface area contributed by atoms with E-state index in [1.165, 1.54) is 4.90 Å². The molecule has 7 nitrogen and oxygen atoms in total. The molecule has 1 saturated carbocycles. The minimum Gasteiger partial charge on any atom is -0.339 e. The average molecular weight is 412 g/mol. The maximum atomic E-state index is 13.0. The van der Waals surface area contributed by atoms with E-state index in [1.807, 2.05) is 13.8 Å². The van der Waals surface area contributed by atoms with E-state index in [0.717, 1.165) is 32.1 Å². The number of carbonyl (C=O) groups excluding carboxylic acids is 4. The van der Waals surface area contributed by atoms with Gasteiger partial charge in [-0.05, 0) is 31.0 Å². The van der Waals surface area contributed by atoms with Crippen LogP contribution in [0.3, 0.4) is 0 Å². The van der Waals surface area contributed by atoms with Crippen molar-refractivity contribution < 1.29 is 19.2 Å². The van der Waals surface area contributed by atoms with Crippen LogP contribution < -0.4 is 0 Å². The molecule has 0 atom stereocenters. The lowest BCUT2D eigenvalue weighted by Gasteiger charge is -2.35. The van der Waals surface area contributed by atoms with E-state index >= 15 is 0 Å². The van der Waals surface area contributed by atoms with Crippen LogP contribution in [0.2, 0.25) is 0 Å². The Kier molecular flexibility index (Phi) is 5.62. The van der Waals surface area contributed by atoms with Gasteiger partial charge in [0, 0.05) is 43.7 Å². The summed E-state index contributed by atoms with van der Waals surface area (Å²) < 4.78 is 0. The summed E-state index contributed by atoms with van der Waals surface area (Å²) in [5.41, 5.74) is 1.16. The topological polar surface area (TPSA) is 78.0 Å². The van der Waals surface area contributed by atoms with Crippen molar-refractivity contribution in [2.24, 2.45) is 5.92 Å². The largest absolute Gasteiger partial charge is 0.339 e. The first-order chi connectivity index (χ1) is 14.4. The minimum absolute atomic E-state index is 0.0307. The Morgan fingerprint density at radius 3 is 2.10 bits per heavy atom. The molecule has 2 fully saturated rings. The molecule has 7 heteroatoms. The van der Waals surface area contributed by atoms with E-state index < -0.39 is 0 Å². The van der Waals surface area contributed by atoms with Gasteiger partial charge in [-0.25, -0.2) is 0 Å². The van der Waals surface area contributed by atoms with Crippen molar-refractivity contribution in [3.05, 3.63) is 34.9 Å². The summed E-state index contributed by atoms with van der Waals surface area (Å²) >= 11 is 0. The summed E-state index contributed by atoms with van der Waals surface area (Å²) in [5.74, 6) is -0.623. The Labute approximate surface area is 177 Å². The number of hydrogen-bond donors (Lipinski definition) is 0. The van der Waals surface area contributed by atoms with Crippen LogP contribution in [0, 0.1) is 5.92 Å². The van der Waals surface area contributed by atoms with Gasteiger partial charge in [0.15, 0.2) is 0 Å². The summed E-state index contributed by atoms with van der Waals surface area (Å²) in [6, 6.07) is 4.80. The van der Waals surface area contributed by atoms with Gasteiger partial charge in [-0.2, -0.15) is 0 Å². The third-order valence-electron chi connectivity index (χ3n) is 6.48. The standard InChI is InChI=1S/C23H29N3O4/c1-15(2)20(27)24-10-12-25(13-11-24)21(28)16-8-9-18-19(14-16)23(30)26(22(18)29)17-6-4-3-5-7-17/h8-9,14-15,17H,3-7,10-13H2,1-2H3. The highest BCUT2D eigenvalue weighted by molar-refractivity contribution is 6.22. The van der Waals surface area contributed by atoms with Gasteiger partial charge in [0.1, 0.15) is 0 Å². The maximum absolute atomic E-state index is 13.0. The molecule has 4 amide bonds. The van der Waals surface area contributed by atoms with Crippen molar-refractivity contribution in [3.63, 3.8) is 0 Å². The third-order valence-corrected chi connectivity index (χ3v) is 6.48. The summed E-state index contributed by atoms with van der Waals surface area (Å²) in [6.07, 6.45) is 4.93. The highest BCUT2D eigenvalue weighted by Gasteiger charge is 2.40. The molecule has 4 rings (SSSR count). The van der Waals surface area contributed by atoms with Crippen molar-refractivity contribution in [2.75, 3.05) is 26.2 Å². The smallest absolute Gasteiger partial charge is 0.261 e. The molecule has 0 spiro atoms. The molecule has 0 bridgehead atoms. The zero-order chi connectivity index (χ0) is 21.4. The highest BCUT2D eigenvalue weighted by atomic mass is 16.2. The van der Waals surface area contributed by atoms with Gasteiger partial charge in [-0.1, -0.05) is 33.1 Å². The number of imide groups is 1. The molecule has 0 aromatic heterocycles. The Balaban J connectivity index is 1.47. The van der Waals surface area contributed by atoms with Crippen LogP contribution in [-0.2, 0) is 4.79 Å². The number of carbonyl (C=O) groups is 4. The van der Waals surface area contributed by atoms with Crippen LogP contribution in [0.4, 0.5) is 0 Å². The molecule has 160 valence electrons. The van der Waals surface area contributed by atoms with Crippen molar-refractivity contribution in [1.29, 1.82) is 0 Å². The molecular weight excluding hydrogens is 382 g/mol. The predicted octanol–water partition coefficient (Wildman–Crippen LogP) is 2.56. The first-order valence-electron chi connectivity index (χ1n) is 11.0. The van der Waals surface area contributed by atoms with Crippen molar-refractivity contribution in [1.82, 2.24) is 14.7 Å². The molecule has 30 heavy (non-hydrogen) atoms.